The Morgan fingerprint density at radius 3 is 2.57 bits per heavy atom. The van der Waals surface area contributed by atoms with E-state index in [4.69, 9.17) is 0 Å². The van der Waals surface area contributed by atoms with E-state index >= 15 is 0 Å². The molecule has 0 bridgehead atoms. The molecular formula is C10H7BrN2O. The third-order valence-corrected chi connectivity index (χ3v) is 2.35. The van der Waals surface area contributed by atoms with Crippen LogP contribution < -0.4 is 0 Å². The molecule has 4 heteroatoms. The van der Waals surface area contributed by atoms with Crippen LogP contribution in [0, 0.1) is 0 Å². The molecule has 0 unspecified atom stereocenters. The van der Waals surface area contributed by atoms with Crippen molar-refractivity contribution in [1.82, 2.24) is 9.97 Å². The van der Waals surface area contributed by atoms with Gasteiger partial charge in [-0.1, -0.05) is 15.9 Å². The fraction of sp³-hybridized carbons (Fsp3) is 0. The Kier molecular flexibility index (Phi) is 2.45. The van der Waals surface area contributed by atoms with Gasteiger partial charge in [0, 0.05) is 22.4 Å². The van der Waals surface area contributed by atoms with Crippen molar-refractivity contribution in [3.63, 3.8) is 0 Å². The summed E-state index contributed by atoms with van der Waals surface area (Å²) in [5.74, 6) is 0.273. The molecule has 0 aliphatic carbocycles. The van der Waals surface area contributed by atoms with Gasteiger partial charge < -0.3 is 4.98 Å². The van der Waals surface area contributed by atoms with Gasteiger partial charge in [0.2, 0.25) is 5.78 Å². The zero-order chi connectivity index (χ0) is 9.97. The van der Waals surface area contributed by atoms with E-state index in [1.807, 2.05) is 12.1 Å². The maximum Gasteiger partial charge on any atom is 0.228 e. The Bertz CT molecular complexity index is 434. The zero-order valence-electron chi connectivity index (χ0n) is 7.20. The van der Waals surface area contributed by atoms with Crippen molar-refractivity contribution in [3.05, 3.63) is 52.5 Å². The SMILES string of the molecule is O=C(c1ccc(Br)cc1)c1ncc[nH]1. The third-order valence-electron chi connectivity index (χ3n) is 1.82. The Morgan fingerprint density at radius 2 is 2.00 bits per heavy atom. The van der Waals surface area contributed by atoms with Crippen molar-refractivity contribution in [2.75, 3.05) is 0 Å². The average molecular weight is 251 g/mol. The minimum absolute atomic E-state index is 0.0949. The van der Waals surface area contributed by atoms with Crippen LogP contribution in [0.4, 0.5) is 0 Å². The van der Waals surface area contributed by atoms with Crippen molar-refractivity contribution in [3.8, 4) is 0 Å². The first-order valence-electron chi connectivity index (χ1n) is 4.07. The molecule has 1 aromatic carbocycles. The van der Waals surface area contributed by atoms with E-state index in [1.54, 1.807) is 24.5 Å². The maximum absolute atomic E-state index is 11.7. The molecule has 14 heavy (non-hydrogen) atoms. The van der Waals surface area contributed by atoms with Crippen molar-refractivity contribution >= 4 is 21.7 Å². The molecule has 0 saturated carbocycles. The molecule has 0 aliphatic rings. The van der Waals surface area contributed by atoms with Crippen LogP contribution in [0.1, 0.15) is 16.2 Å². The largest absolute Gasteiger partial charge is 0.342 e. The lowest BCUT2D eigenvalue weighted by atomic mass is 10.1. The van der Waals surface area contributed by atoms with Crippen molar-refractivity contribution < 1.29 is 4.79 Å². The van der Waals surface area contributed by atoms with E-state index in [0.717, 1.165) is 4.47 Å². The Hall–Kier alpha value is -1.42. The number of H-pyrrole nitrogens is 1. The molecule has 0 radical (unpaired) electrons. The van der Waals surface area contributed by atoms with Crippen molar-refractivity contribution in [2.45, 2.75) is 0 Å². The smallest absolute Gasteiger partial charge is 0.228 e. The van der Waals surface area contributed by atoms with Gasteiger partial charge in [-0.15, -0.1) is 0 Å². The molecule has 0 aliphatic heterocycles. The topological polar surface area (TPSA) is 45.8 Å². The molecule has 2 aromatic rings. The molecule has 1 N–H and O–H groups in total. The Morgan fingerprint density at radius 1 is 1.29 bits per heavy atom. The number of rotatable bonds is 2. The fourth-order valence-electron chi connectivity index (χ4n) is 1.13. The standard InChI is InChI=1S/C10H7BrN2O/c11-8-3-1-7(2-4-8)9(14)10-12-5-6-13-10/h1-6H,(H,12,13). The highest BCUT2D eigenvalue weighted by Gasteiger charge is 2.10. The molecule has 1 aromatic heterocycles. The maximum atomic E-state index is 11.7. The molecule has 0 saturated heterocycles. The van der Waals surface area contributed by atoms with Crippen LogP contribution in [0.25, 0.3) is 0 Å². The first-order chi connectivity index (χ1) is 6.77. The molecule has 3 nitrogen and oxygen atoms in total. The van der Waals surface area contributed by atoms with Gasteiger partial charge in [0.15, 0.2) is 5.82 Å². The van der Waals surface area contributed by atoms with Gasteiger partial charge in [-0.25, -0.2) is 4.98 Å². The third kappa shape index (κ3) is 1.75. The molecule has 0 atom stereocenters. The summed E-state index contributed by atoms with van der Waals surface area (Å²) in [5, 5.41) is 0. The number of benzene rings is 1. The highest BCUT2D eigenvalue weighted by molar-refractivity contribution is 9.10. The number of carbonyl (C=O) groups excluding carboxylic acids is 1. The number of halogens is 1. The molecule has 0 spiro atoms. The molecule has 2 rings (SSSR count). The van der Waals surface area contributed by atoms with Crippen LogP contribution in [0.3, 0.4) is 0 Å². The van der Waals surface area contributed by atoms with Gasteiger partial charge in [-0.2, -0.15) is 0 Å². The summed E-state index contributed by atoms with van der Waals surface area (Å²) in [6, 6.07) is 7.18. The average Bonchev–Trinajstić information content (AvgIpc) is 2.71. The minimum atomic E-state index is -0.0949. The highest BCUT2D eigenvalue weighted by atomic mass is 79.9. The summed E-state index contributed by atoms with van der Waals surface area (Å²) in [4.78, 5) is 18.4. The second-order valence-corrected chi connectivity index (χ2v) is 3.69. The normalized spacial score (nSPS) is 10.1. The number of carbonyl (C=O) groups is 1. The van der Waals surface area contributed by atoms with Gasteiger partial charge in [0.25, 0.3) is 0 Å². The summed E-state index contributed by atoms with van der Waals surface area (Å²) in [6.07, 6.45) is 3.19. The second-order valence-electron chi connectivity index (χ2n) is 2.77. The number of nitrogens with one attached hydrogen (secondary N) is 1. The number of imidazole rings is 1. The number of aromatic amines is 1. The summed E-state index contributed by atoms with van der Waals surface area (Å²) < 4.78 is 0.952. The zero-order valence-corrected chi connectivity index (χ0v) is 8.78. The minimum Gasteiger partial charge on any atom is -0.342 e. The van der Waals surface area contributed by atoms with Crippen molar-refractivity contribution in [2.24, 2.45) is 0 Å². The van der Waals surface area contributed by atoms with Crippen LogP contribution in [0.15, 0.2) is 41.1 Å². The lowest BCUT2D eigenvalue weighted by Gasteiger charge is -1.97. The lowest BCUT2D eigenvalue weighted by Crippen LogP contribution is -2.02. The van der Waals surface area contributed by atoms with Crippen LogP contribution in [0.5, 0.6) is 0 Å². The fourth-order valence-corrected chi connectivity index (χ4v) is 1.39. The van der Waals surface area contributed by atoms with E-state index in [9.17, 15) is 4.79 Å². The van der Waals surface area contributed by atoms with Gasteiger partial charge in [-0.3, -0.25) is 4.79 Å². The molecular weight excluding hydrogens is 244 g/mol. The number of hydrogen-bond donors (Lipinski definition) is 1. The first kappa shape index (κ1) is 9.15. The molecule has 0 fully saturated rings. The van der Waals surface area contributed by atoms with Gasteiger partial charge in [0.1, 0.15) is 0 Å². The number of nitrogens with zero attached hydrogens (tertiary/aromatic N) is 1. The highest BCUT2D eigenvalue weighted by Crippen LogP contribution is 2.12. The molecule has 0 amide bonds. The van der Waals surface area contributed by atoms with Gasteiger partial charge >= 0.3 is 0 Å². The molecule has 70 valence electrons. The summed E-state index contributed by atoms with van der Waals surface area (Å²) in [5.41, 5.74) is 0.628. The number of hydrogen-bond acceptors (Lipinski definition) is 2. The summed E-state index contributed by atoms with van der Waals surface area (Å²) in [6.45, 7) is 0. The Labute approximate surface area is 89.3 Å². The van der Waals surface area contributed by atoms with Gasteiger partial charge in [-0.05, 0) is 24.3 Å². The van der Waals surface area contributed by atoms with E-state index in [-0.39, 0.29) is 5.78 Å². The van der Waals surface area contributed by atoms with Gasteiger partial charge in [0.05, 0.1) is 0 Å². The van der Waals surface area contributed by atoms with E-state index in [0.29, 0.717) is 11.4 Å². The predicted molar refractivity (Wildman–Crippen MR) is 56.2 cm³/mol. The lowest BCUT2D eigenvalue weighted by molar-refractivity contribution is 0.103. The van der Waals surface area contributed by atoms with Crippen LogP contribution >= 0.6 is 15.9 Å². The number of aromatic nitrogens is 2. The van der Waals surface area contributed by atoms with E-state index < -0.39 is 0 Å². The Balaban J connectivity index is 2.33. The molecule has 1 heterocycles. The monoisotopic (exact) mass is 250 g/mol. The number of ketones is 1. The first-order valence-corrected chi connectivity index (χ1v) is 4.86. The van der Waals surface area contributed by atoms with Crippen LogP contribution in [0.2, 0.25) is 0 Å². The van der Waals surface area contributed by atoms with Crippen molar-refractivity contribution in [1.29, 1.82) is 0 Å². The summed E-state index contributed by atoms with van der Waals surface area (Å²) >= 11 is 3.31. The quantitative estimate of drug-likeness (QED) is 0.833. The second kappa shape index (κ2) is 3.75. The van der Waals surface area contributed by atoms with Crippen LogP contribution in [-0.4, -0.2) is 15.8 Å². The van der Waals surface area contributed by atoms with Crippen LogP contribution in [-0.2, 0) is 0 Å². The van der Waals surface area contributed by atoms with E-state index in [1.165, 1.54) is 0 Å². The predicted octanol–water partition coefficient (Wildman–Crippen LogP) is 2.40. The van der Waals surface area contributed by atoms with E-state index in [2.05, 4.69) is 25.9 Å². The summed E-state index contributed by atoms with van der Waals surface area (Å²) in [7, 11) is 0.